The molecule has 0 aliphatic rings. The molecule has 7 heteroatoms. The Balaban J connectivity index is 1.60. The van der Waals surface area contributed by atoms with Gasteiger partial charge in [0.25, 0.3) is 0 Å². The summed E-state index contributed by atoms with van der Waals surface area (Å²) < 4.78 is 16.6. The Morgan fingerprint density at radius 2 is 1.75 bits per heavy atom. The van der Waals surface area contributed by atoms with Crippen LogP contribution in [-0.4, -0.2) is 25.3 Å². The lowest BCUT2D eigenvalue weighted by Crippen LogP contribution is -2.13. The molecule has 3 rings (SSSR count). The van der Waals surface area contributed by atoms with Crippen LogP contribution in [0.1, 0.15) is 13.3 Å². The Bertz CT molecular complexity index is 1100. The van der Waals surface area contributed by atoms with Crippen LogP contribution in [0.3, 0.4) is 0 Å². The molecule has 0 saturated heterocycles. The molecule has 0 saturated carbocycles. The fraction of sp³-hybridized carbons (Fsp3) is 0.190. The highest BCUT2D eigenvalue weighted by atomic mass is 32.1. The Labute approximate surface area is 165 Å². The molecule has 0 aliphatic heterocycles. The van der Waals surface area contributed by atoms with Crippen molar-refractivity contribution < 1.29 is 23.8 Å². The number of allylic oxidation sites excluding steroid dienone is 1. The number of benzene rings is 2. The van der Waals surface area contributed by atoms with Crippen LogP contribution in [0, 0.1) is 0 Å². The Kier molecular flexibility index (Phi) is 6.39. The number of rotatable bonds is 6. The van der Waals surface area contributed by atoms with Crippen molar-refractivity contribution in [3.63, 3.8) is 0 Å². The second-order valence-electron chi connectivity index (χ2n) is 5.81. The summed E-state index contributed by atoms with van der Waals surface area (Å²) in [5, 5.41) is 1.25. The Morgan fingerprint density at radius 3 is 2.57 bits per heavy atom. The summed E-state index contributed by atoms with van der Waals surface area (Å²) in [5.41, 5.74) is -0.0501. The van der Waals surface area contributed by atoms with E-state index >= 15 is 0 Å². The predicted octanol–water partition coefficient (Wildman–Crippen LogP) is 4.44. The molecule has 6 nitrogen and oxygen atoms in total. The number of carbonyl (C=O) groups is 2. The van der Waals surface area contributed by atoms with Crippen LogP contribution in [0.15, 0.2) is 59.4 Å². The lowest BCUT2D eigenvalue weighted by atomic mass is 10.2. The molecule has 0 amide bonds. The van der Waals surface area contributed by atoms with E-state index in [-0.39, 0.29) is 18.6 Å². The molecule has 0 N–H and O–H groups in total. The third-order valence-corrected chi connectivity index (χ3v) is 4.94. The average Bonchev–Trinajstić information content (AvgIpc) is 2.68. The normalized spacial score (nSPS) is 11.0. The third kappa shape index (κ3) is 4.75. The SMILES string of the molecule is CC=CC(=O)OCCCOC(=O)Oc1ccc2c(=O)c3ccccc3sc2c1. The van der Waals surface area contributed by atoms with Crippen molar-refractivity contribution in [3.05, 3.63) is 64.8 Å². The van der Waals surface area contributed by atoms with E-state index in [1.165, 1.54) is 17.4 Å². The van der Waals surface area contributed by atoms with Gasteiger partial charge in [-0.05, 0) is 37.3 Å². The molecular formula is C21H18O6S. The van der Waals surface area contributed by atoms with Crippen LogP contribution in [0.25, 0.3) is 20.2 Å². The van der Waals surface area contributed by atoms with Crippen molar-refractivity contribution in [2.24, 2.45) is 0 Å². The standard InChI is InChI=1S/C21H18O6S/c1-2-6-19(22)25-11-5-12-26-21(24)27-14-9-10-16-18(13-14)28-17-8-4-3-7-15(17)20(16)23/h2-4,6-10,13H,5,11-12H2,1H3. The predicted molar refractivity (Wildman–Crippen MR) is 108 cm³/mol. The fourth-order valence-electron chi connectivity index (χ4n) is 2.54. The van der Waals surface area contributed by atoms with E-state index < -0.39 is 12.1 Å². The maximum atomic E-state index is 12.5. The highest BCUT2D eigenvalue weighted by Crippen LogP contribution is 2.27. The van der Waals surface area contributed by atoms with Gasteiger partial charge in [0.15, 0.2) is 5.43 Å². The van der Waals surface area contributed by atoms with Gasteiger partial charge in [0, 0.05) is 32.7 Å². The second kappa shape index (κ2) is 9.14. The smallest absolute Gasteiger partial charge is 0.462 e. The molecule has 1 heterocycles. The summed E-state index contributed by atoms with van der Waals surface area (Å²) in [6.45, 7) is 1.93. The van der Waals surface area contributed by atoms with E-state index in [1.54, 1.807) is 37.3 Å². The van der Waals surface area contributed by atoms with Crippen molar-refractivity contribution in [1.82, 2.24) is 0 Å². The molecule has 0 aliphatic carbocycles. The van der Waals surface area contributed by atoms with Crippen molar-refractivity contribution >= 4 is 43.6 Å². The molecule has 0 fully saturated rings. The number of hydrogen-bond acceptors (Lipinski definition) is 7. The first-order chi connectivity index (χ1) is 13.6. The zero-order valence-corrected chi connectivity index (χ0v) is 16.0. The summed E-state index contributed by atoms with van der Waals surface area (Å²) in [6, 6.07) is 12.2. The van der Waals surface area contributed by atoms with Crippen molar-refractivity contribution in [2.75, 3.05) is 13.2 Å². The van der Waals surface area contributed by atoms with Gasteiger partial charge in [0.05, 0.1) is 13.2 Å². The molecule has 144 valence electrons. The maximum absolute atomic E-state index is 12.5. The largest absolute Gasteiger partial charge is 0.513 e. The highest BCUT2D eigenvalue weighted by molar-refractivity contribution is 7.24. The lowest BCUT2D eigenvalue weighted by molar-refractivity contribution is -0.138. The van der Waals surface area contributed by atoms with Crippen molar-refractivity contribution in [2.45, 2.75) is 13.3 Å². The molecule has 2 aromatic carbocycles. The number of fused-ring (bicyclic) bond motifs is 2. The molecule has 0 spiro atoms. The van der Waals surface area contributed by atoms with E-state index in [0.29, 0.717) is 22.9 Å². The van der Waals surface area contributed by atoms with Crippen LogP contribution in [0.4, 0.5) is 4.79 Å². The molecule has 0 bridgehead atoms. The minimum absolute atomic E-state index is 0.0501. The molecule has 0 radical (unpaired) electrons. The number of hydrogen-bond donors (Lipinski definition) is 0. The monoisotopic (exact) mass is 398 g/mol. The molecule has 3 aromatic rings. The molecule has 1 aromatic heterocycles. The van der Waals surface area contributed by atoms with Crippen LogP contribution in [-0.2, 0) is 14.3 Å². The molecule has 0 atom stereocenters. The number of ether oxygens (including phenoxy) is 3. The quantitative estimate of drug-likeness (QED) is 0.201. The highest BCUT2D eigenvalue weighted by Gasteiger charge is 2.10. The fourth-order valence-corrected chi connectivity index (χ4v) is 3.64. The van der Waals surface area contributed by atoms with E-state index in [0.717, 1.165) is 9.40 Å². The van der Waals surface area contributed by atoms with Gasteiger partial charge < -0.3 is 14.2 Å². The average molecular weight is 398 g/mol. The van der Waals surface area contributed by atoms with Gasteiger partial charge in [0.1, 0.15) is 5.75 Å². The van der Waals surface area contributed by atoms with E-state index in [4.69, 9.17) is 14.2 Å². The minimum Gasteiger partial charge on any atom is -0.462 e. The zero-order valence-electron chi connectivity index (χ0n) is 15.2. The first-order valence-corrected chi connectivity index (χ1v) is 9.50. The van der Waals surface area contributed by atoms with E-state index in [9.17, 15) is 14.4 Å². The van der Waals surface area contributed by atoms with Gasteiger partial charge in [-0.1, -0.05) is 18.2 Å². The van der Waals surface area contributed by atoms with Crippen molar-refractivity contribution in [1.29, 1.82) is 0 Å². The molecular weight excluding hydrogens is 380 g/mol. The van der Waals surface area contributed by atoms with Gasteiger partial charge in [-0.25, -0.2) is 9.59 Å². The van der Waals surface area contributed by atoms with Gasteiger partial charge in [-0.2, -0.15) is 0 Å². The molecule has 28 heavy (non-hydrogen) atoms. The lowest BCUT2D eigenvalue weighted by Gasteiger charge is -2.07. The van der Waals surface area contributed by atoms with Gasteiger partial charge in [-0.15, -0.1) is 11.3 Å². The second-order valence-corrected chi connectivity index (χ2v) is 6.89. The van der Waals surface area contributed by atoms with Crippen LogP contribution in [0.2, 0.25) is 0 Å². The first kappa shape index (κ1) is 19.6. The molecule has 0 unspecified atom stereocenters. The summed E-state index contributed by atoms with van der Waals surface area (Å²) >= 11 is 1.45. The van der Waals surface area contributed by atoms with E-state index in [1.807, 2.05) is 18.2 Å². The van der Waals surface area contributed by atoms with Crippen LogP contribution < -0.4 is 10.2 Å². The summed E-state index contributed by atoms with van der Waals surface area (Å²) in [6.07, 6.45) is 2.40. The van der Waals surface area contributed by atoms with Crippen LogP contribution in [0.5, 0.6) is 5.75 Å². The van der Waals surface area contributed by atoms with Crippen molar-refractivity contribution in [3.8, 4) is 5.75 Å². The summed E-state index contributed by atoms with van der Waals surface area (Å²) in [7, 11) is 0. The van der Waals surface area contributed by atoms with Gasteiger partial charge in [-0.3, -0.25) is 4.79 Å². The van der Waals surface area contributed by atoms with E-state index in [2.05, 4.69) is 0 Å². The van der Waals surface area contributed by atoms with Gasteiger partial charge in [0.2, 0.25) is 0 Å². The minimum atomic E-state index is -0.854. The Hall–Kier alpha value is -3.19. The number of carbonyl (C=O) groups excluding carboxylic acids is 2. The Morgan fingerprint density at radius 1 is 1.00 bits per heavy atom. The van der Waals surface area contributed by atoms with Crippen LogP contribution >= 0.6 is 11.3 Å². The van der Waals surface area contributed by atoms with Gasteiger partial charge >= 0.3 is 12.1 Å². The summed E-state index contributed by atoms with van der Waals surface area (Å²) in [4.78, 5) is 35.5. The summed E-state index contributed by atoms with van der Waals surface area (Å²) in [5.74, 6) is -0.143. The zero-order chi connectivity index (χ0) is 19.9. The maximum Gasteiger partial charge on any atom is 0.513 e. The third-order valence-electron chi connectivity index (χ3n) is 3.81. The number of esters is 1. The first-order valence-electron chi connectivity index (χ1n) is 8.68. The topological polar surface area (TPSA) is 78.9 Å².